The van der Waals surface area contributed by atoms with Gasteiger partial charge in [-0.2, -0.15) is 0 Å². The van der Waals surface area contributed by atoms with E-state index in [9.17, 15) is 0 Å². The van der Waals surface area contributed by atoms with E-state index in [1.807, 2.05) is 24.3 Å². The maximum Gasteiger partial charge on any atom is 0.139 e. The van der Waals surface area contributed by atoms with E-state index in [0.29, 0.717) is 0 Å². The molecular weight excluding hydrogens is 316 g/mol. The van der Waals surface area contributed by atoms with Crippen molar-refractivity contribution in [1.82, 2.24) is 0 Å². The van der Waals surface area contributed by atoms with Crippen molar-refractivity contribution in [3.05, 3.63) is 53.0 Å². The van der Waals surface area contributed by atoms with Crippen LogP contribution in [0, 0.1) is 0 Å². The van der Waals surface area contributed by atoms with Gasteiger partial charge in [0, 0.05) is 21.3 Å². The predicted molar refractivity (Wildman–Crippen MR) is 85.5 cm³/mol. The molecule has 0 spiro atoms. The minimum Gasteiger partial charge on any atom is -0.497 e. The third kappa shape index (κ3) is 1.70. The van der Waals surface area contributed by atoms with Gasteiger partial charge in [0.1, 0.15) is 16.9 Å². The summed E-state index contributed by atoms with van der Waals surface area (Å²) in [4.78, 5) is 0. The molecule has 0 aliphatic rings. The summed E-state index contributed by atoms with van der Waals surface area (Å²) >= 11 is 3.52. The zero-order valence-corrected chi connectivity index (χ0v) is 12.4. The molecule has 1 aromatic heterocycles. The minimum atomic E-state index is 0.809. The predicted octanol–water partition coefficient (Wildman–Crippen LogP) is 5.51. The van der Waals surface area contributed by atoms with E-state index in [-0.39, 0.29) is 0 Å². The molecule has 0 saturated carbocycles. The van der Waals surface area contributed by atoms with Gasteiger partial charge in [-0.15, -0.1) is 0 Å². The van der Waals surface area contributed by atoms with Crippen molar-refractivity contribution < 1.29 is 9.15 Å². The average Bonchev–Trinajstić information content (AvgIpc) is 2.81. The fraction of sp³-hybridized carbons (Fsp3) is 0.0588. The van der Waals surface area contributed by atoms with Crippen molar-refractivity contribution in [3.8, 4) is 5.75 Å². The van der Waals surface area contributed by atoms with Crippen LogP contribution in [0.2, 0.25) is 0 Å². The Morgan fingerprint density at radius 2 is 1.70 bits per heavy atom. The van der Waals surface area contributed by atoms with Crippen LogP contribution in [0.1, 0.15) is 0 Å². The molecule has 4 rings (SSSR count). The standard InChI is InChI=1S/C17H11BrO2/c1-19-13-4-5-14-15-7-11-6-12(18)3-2-10(11)8-16(15)20-17(14)9-13/h2-9H,1H3. The molecule has 0 atom stereocenters. The fourth-order valence-electron chi connectivity index (χ4n) is 2.60. The van der Waals surface area contributed by atoms with Gasteiger partial charge in [0.15, 0.2) is 0 Å². The van der Waals surface area contributed by atoms with E-state index >= 15 is 0 Å². The molecule has 0 fully saturated rings. The SMILES string of the molecule is COc1ccc2c(c1)oc1cc3ccc(Br)cc3cc12. The van der Waals surface area contributed by atoms with Crippen molar-refractivity contribution in [3.63, 3.8) is 0 Å². The van der Waals surface area contributed by atoms with E-state index < -0.39 is 0 Å². The maximum atomic E-state index is 5.94. The smallest absolute Gasteiger partial charge is 0.139 e. The van der Waals surface area contributed by atoms with Gasteiger partial charge in [0.25, 0.3) is 0 Å². The molecule has 0 radical (unpaired) electrons. The lowest BCUT2D eigenvalue weighted by Crippen LogP contribution is -1.80. The number of ether oxygens (including phenoxy) is 1. The molecule has 4 aromatic rings. The topological polar surface area (TPSA) is 22.4 Å². The highest BCUT2D eigenvalue weighted by Crippen LogP contribution is 2.34. The summed E-state index contributed by atoms with van der Waals surface area (Å²) in [7, 11) is 1.66. The second-order valence-corrected chi connectivity index (χ2v) is 5.72. The van der Waals surface area contributed by atoms with Crippen LogP contribution in [-0.2, 0) is 0 Å². The first-order chi connectivity index (χ1) is 9.74. The van der Waals surface area contributed by atoms with E-state index in [4.69, 9.17) is 9.15 Å². The summed E-state index contributed by atoms with van der Waals surface area (Å²) in [5.74, 6) is 0.809. The normalized spacial score (nSPS) is 11.5. The second kappa shape index (κ2) is 4.25. The molecule has 0 aliphatic carbocycles. The van der Waals surface area contributed by atoms with Crippen LogP contribution < -0.4 is 4.74 Å². The highest BCUT2D eigenvalue weighted by Gasteiger charge is 2.09. The number of benzene rings is 3. The summed E-state index contributed by atoms with van der Waals surface area (Å²) in [6, 6.07) is 16.4. The molecular formula is C17H11BrO2. The summed E-state index contributed by atoms with van der Waals surface area (Å²) in [6.07, 6.45) is 0. The lowest BCUT2D eigenvalue weighted by Gasteiger charge is -1.99. The Hall–Kier alpha value is -2.00. The van der Waals surface area contributed by atoms with Gasteiger partial charge in [-0.25, -0.2) is 0 Å². The third-order valence-corrected chi connectivity index (χ3v) is 4.09. The molecule has 0 aliphatic heterocycles. The molecule has 0 saturated heterocycles. The molecule has 20 heavy (non-hydrogen) atoms. The maximum absolute atomic E-state index is 5.94. The lowest BCUT2D eigenvalue weighted by molar-refractivity contribution is 0.414. The van der Waals surface area contributed by atoms with Crippen LogP contribution in [0.15, 0.2) is 57.4 Å². The number of hydrogen-bond acceptors (Lipinski definition) is 2. The van der Waals surface area contributed by atoms with Gasteiger partial charge in [0.05, 0.1) is 7.11 Å². The molecule has 0 amide bonds. The van der Waals surface area contributed by atoms with Crippen molar-refractivity contribution >= 4 is 48.6 Å². The van der Waals surface area contributed by atoms with E-state index in [0.717, 1.165) is 32.2 Å². The Kier molecular flexibility index (Phi) is 2.51. The van der Waals surface area contributed by atoms with Gasteiger partial charge in [-0.3, -0.25) is 0 Å². The zero-order chi connectivity index (χ0) is 13.7. The molecule has 1 heterocycles. The largest absolute Gasteiger partial charge is 0.497 e. The number of methoxy groups -OCH3 is 1. The van der Waals surface area contributed by atoms with Gasteiger partial charge >= 0.3 is 0 Å². The van der Waals surface area contributed by atoms with E-state index in [1.165, 1.54) is 10.8 Å². The van der Waals surface area contributed by atoms with Gasteiger partial charge in [-0.05, 0) is 47.2 Å². The van der Waals surface area contributed by atoms with Crippen LogP contribution >= 0.6 is 15.9 Å². The highest BCUT2D eigenvalue weighted by atomic mass is 79.9. The molecule has 0 N–H and O–H groups in total. The fourth-order valence-corrected chi connectivity index (χ4v) is 2.98. The number of hydrogen-bond donors (Lipinski definition) is 0. The van der Waals surface area contributed by atoms with Crippen molar-refractivity contribution in [2.45, 2.75) is 0 Å². The molecule has 3 heteroatoms. The van der Waals surface area contributed by atoms with E-state index in [1.54, 1.807) is 7.11 Å². The van der Waals surface area contributed by atoms with Crippen LogP contribution in [0.5, 0.6) is 5.75 Å². The quantitative estimate of drug-likeness (QED) is 0.460. The third-order valence-electron chi connectivity index (χ3n) is 3.60. The highest BCUT2D eigenvalue weighted by molar-refractivity contribution is 9.10. The van der Waals surface area contributed by atoms with Crippen molar-refractivity contribution in [2.75, 3.05) is 7.11 Å². The first-order valence-electron chi connectivity index (χ1n) is 6.34. The molecule has 0 bridgehead atoms. The minimum absolute atomic E-state index is 0.809. The first kappa shape index (κ1) is 11.8. The van der Waals surface area contributed by atoms with Gasteiger partial charge < -0.3 is 9.15 Å². The Balaban J connectivity index is 2.12. The Bertz CT molecular complexity index is 953. The number of halogens is 1. The Morgan fingerprint density at radius 3 is 2.55 bits per heavy atom. The van der Waals surface area contributed by atoms with Crippen LogP contribution in [0.25, 0.3) is 32.7 Å². The lowest BCUT2D eigenvalue weighted by atomic mass is 10.1. The number of furan rings is 1. The van der Waals surface area contributed by atoms with Crippen LogP contribution in [-0.4, -0.2) is 7.11 Å². The average molecular weight is 327 g/mol. The van der Waals surface area contributed by atoms with Crippen LogP contribution in [0.3, 0.4) is 0 Å². The van der Waals surface area contributed by atoms with Gasteiger partial charge in [0.2, 0.25) is 0 Å². The van der Waals surface area contributed by atoms with E-state index in [2.05, 4.69) is 40.2 Å². The second-order valence-electron chi connectivity index (χ2n) is 4.80. The van der Waals surface area contributed by atoms with Crippen molar-refractivity contribution in [1.29, 1.82) is 0 Å². The number of rotatable bonds is 1. The summed E-state index contributed by atoms with van der Waals surface area (Å²) in [5, 5.41) is 4.62. The zero-order valence-electron chi connectivity index (χ0n) is 10.8. The molecule has 0 unspecified atom stereocenters. The van der Waals surface area contributed by atoms with Crippen LogP contribution in [0.4, 0.5) is 0 Å². The van der Waals surface area contributed by atoms with Crippen molar-refractivity contribution in [2.24, 2.45) is 0 Å². The molecule has 3 aromatic carbocycles. The molecule has 2 nitrogen and oxygen atoms in total. The monoisotopic (exact) mass is 326 g/mol. The summed E-state index contributed by atoms with van der Waals surface area (Å²) in [6.45, 7) is 0. The number of fused-ring (bicyclic) bond motifs is 4. The van der Waals surface area contributed by atoms with Gasteiger partial charge in [-0.1, -0.05) is 22.0 Å². The summed E-state index contributed by atoms with van der Waals surface area (Å²) < 4.78 is 12.3. The Labute approximate surface area is 124 Å². The molecule has 98 valence electrons. The Morgan fingerprint density at radius 1 is 0.850 bits per heavy atom. The summed E-state index contributed by atoms with van der Waals surface area (Å²) in [5.41, 5.74) is 1.76. The first-order valence-corrected chi connectivity index (χ1v) is 7.13.